The molecule has 18 heteroatoms. The molecule has 0 radical (unpaired) electrons. The molecular formula is C30H42N6O12. The van der Waals surface area contributed by atoms with Gasteiger partial charge in [-0.1, -0.05) is 12.1 Å². The fourth-order valence-electron chi connectivity index (χ4n) is 5.51. The summed E-state index contributed by atoms with van der Waals surface area (Å²) >= 11 is 0. The number of likely N-dealkylation sites (tertiary alicyclic amines) is 1. The molecule has 264 valence electrons. The Hall–Kier alpha value is -4.81. The fraction of sp³-hybridized carbons (Fsp3) is 0.567. The van der Waals surface area contributed by atoms with Gasteiger partial charge in [0.25, 0.3) is 0 Å². The molecule has 7 atom stereocenters. The number of rotatable bonds is 16. The lowest BCUT2D eigenvalue weighted by Gasteiger charge is -2.30. The van der Waals surface area contributed by atoms with E-state index in [2.05, 4.69) is 26.6 Å². The predicted molar refractivity (Wildman–Crippen MR) is 164 cm³/mol. The van der Waals surface area contributed by atoms with Gasteiger partial charge in [-0.2, -0.15) is 0 Å². The monoisotopic (exact) mass is 678 g/mol. The highest BCUT2D eigenvalue weighted by atomic mass is 16.4. The molecule has 48 heavy (non-hydrogen) atoms. The summed E-state index contributed by atoms with van der Waals surface area (Å²) in [6.07, 6.45) is -0.925. The van der Waals surface area contributed by atoms with Crippen molar-refractivity contribution in [2.24, 2.45) is 0 Å². The average Bonchev–Trinajstić information content (AvgIpc) is 3.75. The van der Waals surface area contributed by atoms with Gasteiger partial charge in [0.2, 0.25) is 29.5 Å². The third-order valence-corrected chi connectivity index (χ3v) is 8.08. The minimum Gasteiger partial charge on any atom is -0.508 e. The molecule has 10 N–H and O–H groups in total. The van der Waals surface area contributed by atoms with Crippen LogP contribution in [0.15, 0.2) is 24.3 Å². The van der Waals surface area contributed by atoms with Crippen LogP contribution < -0.4 is 26.6 Å². The van der Waals surface area contributed by atoms with Crippen molar-refractivity contribution in [3.05, 3.63) is 29.8 Å². The van der Waals surface area contributed by atoms with E-state index in [1.165, 1.54) is 24.3 Å². The second-order valence-electron chi connectivity index (χ2n) is 11.7. The maximum atomic E-state index is 13.6. The normalized spacial score (nSPS) is 20.4. The molecule has 1 aromatic carbocycles. The third kappa shape index (κ3) is 10.3. The number of hydrogen-bond acceptors (Lipinski definition) is 11. The SMILES string of the molecule is C[C@@H](O)[C@H](NC(=O)[C@@H]1CCCN1C(=O)[C@H](CC(=O)O)NC(=O)[C@H](Cc1ccc(O)cc1)NC(=O)[C@H](CO)NC(=O)[C@@H]1CCCN1)C(=O)O. The van der Waals surface area contributed by atoms with Gasteiger partial charge in [0.1, 0.15) is 29.9 Å². The summed E-state index contributed by atoms with van der Waals surface area (Å²) in [6.45, 7) is 0.934. The van der Waals surface area contributed by atoms with Crippen molar-refractivity contribution in [3.8, 4) is 5.75 Å². The van der Waals surface area contributed by atoms with Gasteiger partial charge < -0.3 is 57.0 Å². The highest BCUT2D eigenvalue weighted by molar-refractivity contribution is 5.98. The highest BCUT2D eigenvalue weighted by Crippen LogP contribution is 2.20. The number of carbonyl (C=O) groups is 7. The Morgan fingerprint density at radius 3 is 2.08 bits per heavy atom. The lowest BCUT2D eigenvalue weighted by Crippen LogP contribution is -2.60. The molecule has 2 saturated heterocycles. The molecule has 0 saturated carbocycles. The van der Waals surface area contributed by atoms with E-state index in [0.717, 1.165) is 18.2 Å². The quantitative estimate of drug-likeness (QED) is 0.0815. The van der Waals surface area contributed by atoms with E-state index in [1.54, 1.807) is 0 Å². The highest BCUT2D eigenvalue weighted by Gasteiger charge is 2.41. The third-order valence-electron chi connectivity index (χ3n) is 8.08. The molecule has 2 aliphatic heterocycles. The van der Waals surface area contributed by atoms with Crippen LogP contribution in [0, 0.1) is 0 Å². The molecule has 1 aromatic rings. The second kappa shape index (κ2) is 17.4. The Balaban J connectivity index is 1.81. The number of aliphatic carboxylic acids is 2. The lowest BCUT2D eigenvalue weighted by atomic mass is 10.0. The zero-order valence-electron chi connectivity index (χ0n) is 26.3. The number of amides is 5. The summed E-state index contributed by atoms with van der Waals surface area (Å²) in [7, 11) is 0. The second-order valence-corrected chi connectivity index (χ2v) is 11.7. The van der Waals surface area contributed by atoms with Crippen LogP contribution in [0.4, 0.5) is 0 Å². The van der Waals surface area contributed by atoms with Crippen LogP contribution >= 0.6 is 0 Å². The molecule has 0 spiro atoms. The molecule has 0 bridgehead atoms. The van der Waals surface area contributed by atoms with Crippen molar-refractivity contribution in [2.45, 2.75) is 87.8 Å². The van der Waals surface area contributed by atoms with Crippen LogP contribution in [-0.4, -0.2) is 134 Å². The summed E-state index contributed by atoms with van der Waals surface area (Å²) in [5, 5.41) is 60.5. The van der Waals surface area contributed by atoms with Gasteiger partial charge in [-0.15, -0.1) is 0 Å². The summed E-state index contributed by atoms with van der Waals surface area (Å²) in [6, 6.07) is -2.52. The number of benzene rings is 1. The fourth-order valence-corrected chi connectivity index (χ4v) is 5.51. The van der Waals surface area contributed by atoms with Gasteiger partial charge in [0.15, 0.2) is 6.04 Å². The molecule has 0 aliphatic carbocycles. The Morgan fingerprint density at radius 2 is 1.52 bits per heavy atom. The summed E-state index contributed by atoms with van der Waals surface area (Å²) in [5.41, 5.74) is 0.441. The predicted octanol–water partition coefficient (Wildman–Crippen LogP) is -3.45. The Kier molecular flexibility index (Phi) is 13.6. The number of nitrogens with zero attached hydrogens (tertiary/aromatic N) is 1. The van der Waals surface area contributed by atoms with E-state index in [0.29, 0.717) is 24.9 Å². The summed E-state index contributed by atoms with van der Waals surface area (Å²) in [4.78, 5) is 90.3. The molecule has 5 amide bonds. The maximum absolute atomic E-state index is 13.6. The van der Waals surface area contributed by atoms with Gasteiger partial charge in [0, 0.05) is 13.0 Å². The molecule has 2 aliphatic rings. The van der Waals surface area contributed by atoms with Crippen molar-refractivity contribution in [1.82, 2.24) is 31.5 Å². The number of nitrogens with one attached hydrogen (secondary N) is 5. The number of carboxylic acid groups (broad SMARTS) is 2. The Morgan fingerprint density at radius 1 is 0.875 bits per heavy atom. The van der Waals surface area contributed by atoms with Gasteiger partial charge in [0.05, 0.1) is 25.2 Å². The van der Waals surface area contributed by atoms with Crippen LogP contribution in [0.5, 0.6) is 5.75 Å². The van der Waals surface area contributed by atoms with Crippen molar-refractivity contribution >= 4 is 41.5 Å². The van der Waals surface area contributed by atoms with Gasteiger partial charge in [-0.3, -0.25) is 28.8 Å². The molecule has 3 rings (SSSR count). The van der Waals surface area contributed by atoms with Crippen LogP contribution in [-0.2, 0) is 40.0 Å². The number of aliphatic hydroxyl groups excluding tert-OH is 2. The zero-order chi connectivity index (χ0) is 35.5. The van der Waals surface area contributed by atoms with Gasteiger partial charge >= 0.3 is 11.9 Å². The van der Waals surface area contributed by atoms with E-state index in [-0.39, 0.29) is 25.1 Å². The van der Waals surface area contributed by atoms with Crippen molar-refractivity contribution < 1.29 is 59.1 Å². The first-order valence-electron chi connectivity index (χ1n) is 15.5. The van der Waals surface area contributed by atoms with E-state index in [9.17, 15) is 59.1 Å². The molecular weight excluding hydrogens is 636 g/mol. The van der Waals surface area contributed by atoms with Crippen LogP contribution in [0.3, 0.4) is 0 Å². The lowest BCUT2D eigenvalue weighted by molar-refractivity contribution is -0.148. The maximum Gasteiger partial charge on any atom is 0.328 e. The van der Waals surface area contributed by atoms with Crippen molar-refractivity contribution in [2.75, 3.05) is 19.7 Å². The van der Waals surface area contributed by atoms with Crippen molar-refractivity contribution in [3.63, 3.8) is 0 Å². The van der Waals surface area contributed by atoms with Gasteiger partial charge in [-0.05, 0) is 56.8 Å². The zero-order valence-corrected chi connectivity index (χ0v) is 26.3. The van der Waals surface area contributed by atoms with E-state index >= 15 is 0 Å². The largest absolute Gasteiger partial charge is 0.508 e. The van der Waals surface area contributed by atoms with Crippen LogP contribution in [0.1, 0.15) is 44.6 Å². The van der Waals surface area contributed by atoms with Crippen LogP contribution in [0.25, 0.3) is 0 Å². The van der Waals surface area contributed by atoms with Crippen molar-refractivity contribution in [1.29, 1.82) is 0 Å². The Labute approximate surface area is 275 Å². The number of phenols is 1. The number of aliphatic hydroxyl groups is 2. The number of carboxylic acids is 2. The van der Waals surface area contributed by atoms with Gasteiger partial charge in [-0.25, -0.2) is 4.79 Å². The first-order valence-corrected chi connectivity index (χ1v) is 15.5. The van der Waals surface area contributed by atoms with Crippen LogP contribution in [0.2, 0.25) is 0 Å². The average molecular weight is 679 g/mol. The van der Waals surface area contributed by atoms with E-state index in [1.807, 2.05) is 0 Å². The number of aromatic hydroxyl groups is 1. The Bertz CT molecular complexity index is 1350. The minimum atomic E-state index is -1.73. The van der Waals surface area contributed by atoms with E-state index in [4.69, 9.17) is 0 Å². The standard InChI is InChI=1S/C30H42N6O12/c1-15(38)24(30(47)48)35-28(45)22-5-3-11-36(22)29(46)20(13-23(40)41)33-26(43)19(12-16-6-8-17(39)9-7-16)32-27(44)21(14-37)34-25(42)18-4-2-10-31-18/h6-9,15,18-22,24,31,37-39H,2-5,10-14H2,1H3,(H,32,44)(H,33,43)(H,34,42)(H,35,45)(H,40,41)(H,47,48)/t15-,18+,19+,20+,21+,22+,24+/m1/s1. The molecule has 0 unspecified atom stereocenters. The topological polar surface area (TPSA) is 284 Å². The smallest absolute Gasteiger partial charge is 0.328 e. The number of carbonyl (C=O) groups excluding carboxylic acids is 5. The van der Waals surface area contributed by atoms with E-state index < -0.39 is 96.9 Å². The first-order chi connectivity index (χ1) is 22.7. The summed E-state index contributed by atoms with van der Waals surface area (Å²) < 4.78 is 0. The minimum absolute atomic E-state index is 0.0171. The first kappa shape index (κ1) is 37.6. The molecule has 18 nitrogen and oxygen atoms in total. The number of hydrogen-bond donors (Lipinski definition) is 10. The molecule has 2 heterocycles. The molecule has 0 aromatic heterocycles. The molecule has 2 fully saturated rings. The number of phenolic OH excluding ortho intramolecular Hbond substituents is 1. The summed E-state index contributed by atoms with van der Waals surface area (Å²) in [5.74, 6) is -7.37.